The molecule has 0 heterocycles. The molecule has 0 aliphatic carbocycles. The Morgan fingerprint density at radius 2 is 1.14 bits per heavy atom. The van der Waals surface area contributed by atoms with Crippen LogP contribution in [0, 0.1) is 0 Å². The largest absolute Gasteiger partial charge is 0.356 e. The normalized spacial score (nSPS) is 10.6. The molecule has 36 heavy (non-hydrogen) atoms. The Kier molecular flexibility index (Phi) is 18.4. The van der Waals surface area contributed by atoms with Gasteiger partial charge in [0.15, 0.2) is 0 Å². The summed E-state index contributed by atoms with van der Waals surface area (Å²) in [6.07, 6.45) is 6.14. The van der Waals surface area contributed by atoms with Gasteiger partial charge < -0.3 is 16.0 Å². The van der Waals surface area contributed by atoms with Crippen molar-refractivity contribution in [2.75, 3.05) is 32.7 Å². The molecule has 7 nitrogen and oxygen atoms in total. The first-order valence-corrected chi connectivity index (χ1v) is 12.9. The van der Waals surface area contributed by atoms with E-state index in [1.165, 1.54) is 11.1 Å². The van der Waals surface area contributed by atoms with Crippen LogP contribution in [0.5, 0.6) is 0 Å². The highest BCUT2D eigenvalue weighted by Crippen LogP contribution is 2.27. The summed E-state index contributed by atoms with van der Waals surface area (Å²) in [5.41, 5.74) is 4.33. The Morgan fingerprint density at radius 1 is 0.639 bits per heavy atom. The van der Waals surface area contributed by atoms with Gasteiger partial charge in [0.05, 0.1) is 0 Å². The van der Waals surface area contributed by atoms with Crippen molar-refractivity contribution in [2.45, 2.75) is 57.3 Å². The van der Waals surface area contributed by atoms with E-state index in [1.54, 1.807) is 5.48 Å². The smallest absolute Gasteiger partial charge is 0.243 e. The van der Waals surface area contributed by atoms with Gasteiger partial charge in [0, 0.05) is 25.3 Å². The summed E-state index contributed by atoms with van der Waals surface area (Å²) in [5.74, 6) is 0.0223. The quantitative estimate of drug-likeness (QED) is 0.0996. The van der Waals surface area contributed by atoms with Crippen LogP contribution in [0.1, 0.15) is 68.4 Å². The number of amides is 2. The van der Waals surface area contributed by atoms with E-state index in [0.29, 0.717) is 31.7 Å². The van der Waals surface area contributed by atoms with Gasteiger partial charge in [-0.15, -0.1) is 17.0 Å². The molecule has 200 valence electrons. The van der Waals surface area contributed by atoms with Crippen LogP contribution >= 0.6 is 17.0 Å². The molecule has 0 saturated heterocycles. The average molecular weight is 564 g/mol. The molecule has 0 aliphatic rings. The molecule has 0 atom stereocenters. The van der Waals surface area contributed by atoms with Gasteiger partial charge in [0.25, 0.3) is 0 Å². The maximum atomic E-state index is 11.7. The van der Waals surface area contributed by atoms with Crippen LogP contribution in [-0.2, 0) is 9.59 Å². The predicted octanol–water partition coefficient (Wildman–Crippen LogP) is 4.32. The van der Waals surface area contributed by atoms with Crippen LogP contribution < -0.4 is 21.4 Å². The van der Waals surface area contributed by atoms with Crippen molar-refractivity contribution in [3.05, 3.63) is 71.8 Å². The summed E-state index contributed by atoms with van der Waals surface area (Å²) in [7, 11) is 0. The van der Waals surface area contributed by atoms with Gasteiger partial charge in [0.2, 0.25) is 11.8 Å². The third kappa shape index (κ3) is 14.3. The Bertz CT molecular complexity index is 785. The maximum Gasteiger partial charge on any atom is 0.243 e. The summed E-state index contributed by atoms with van der Waals surface area (Å²) < 4.78 is 0. The molecule has 0 aromatic heterocycles. The van der Waals surface area contributed by atoms with E-state index in [-0.39, 0.29) is 29.3 Å². The molecule has 8 heteroatoms. The standard InChI is InChI=1S/C28H42N4O3.BrH/c33-27(16-7-8-17-28(34)32-35)31-22-11-21-29-19-9-10-20-30-23-18-26(24-12-3-1-4-13-24)25-14-5-2-6-15-25;/h1-6,12-15,26,29-30,35H,7-11,16-23H2,(H,31,33)(H,32,34);1H. The van der Waals surface area contributed by atoms with Gasteiger partial charge in [-0.2, -0.15) is 0 Å². The SMILES string of the molecule is Br.O=C(CCCCC(=O)NCCCNCCCCNCCC(c1ccccc1)c1ccccc1)NO. The summed E-state index contributed by atoms with van der Waals surface area (Å²) in [6, 6.07) is 21.5. The average Bonchev–Trinajstić information content (AvgIpc) is 2.90. The van der Waals surface area contributed by atoms with Gasteiger partial charge >= 0.3 is 0 Å². The van der Waals surface area contributed by atoms with Crippen molar-refractivity contribution >= 4 is 28.8 Å². The fourth-order valence-corrected chi connectivity index (χ4v) is 4.05. The molecule has 2 aromatic carbocycles. The monoisotopic (exact) mass is 562 g/mol. The second kappa shape index (κ2) is 20.9. The number of carbonyl (C=O) groups excluding carboxylic acids is 2. The molecule has 5 N–H and O–H groups in total. The zero-order valence-electron chi connectivity index (χ0n) is 21.2. The van der Waals surface area contributed by atoms with Gasteiger partial charge in [-0.05, 0) is 75.8 Å². The molecular formula is C28H43BrN4O3. The topological polar surface area (TPSA) is 102 Å². The van der Waals surface area contributed by atoms with E-state index in [2.05, 4.69) is 76.6 Å². The third-order valence-electron chi connectivity index (χ3n) is 6.01. The van der Waals surface area contributed by atoms with Crippen molar-refractivity contribution in [3.63, 3.8) is 0 Å². The minimum Gasteiger partial charge on any atom is -0.356 e. The van der Waals surface area contributed by atoms with Gasteiger partial charge in [-0.3, -0.25) is 14.8 Å². The van der Waals surface area contributed by atoms with Gasteiger partial charge in [-0.1, -0.05) is 60.7 Å². The lowest BCUT2D eigenvalue weighted by Crippen LogP contribution is -2.27. The summed E-state index contributed by atoms with van der Waals surface area (Å²) in [4.78, 5) is 22.6. The molecule has 0 fully saturated rings. The first-order chi connectivity index (χ1) is 17.2. The molecular weight excluding hydrogens is 520 g/mol. The second-order valence-electron chi connectivity index (χ2n) is 8.82. The summed E-state index contributed by atoms with van der Waals surface area (Å²) in [6.45, 7) is 4.55. The molecule has 0 spiro atoms. The van der Waals surface area contributed by atoms with Crippen LogP contribution in [-0.4, -0.2) is 49.7 Å². The lowest BCUT2D eigenvalue weighted by atomic mass is 9.88. The van der Waals surface area contributed by atoms with E-state index in [1.807, 2.05) is 0 Å². The number of rotatable bonds is 19. The number of halogens is 1. The van der Waals surface area contributed by atoms with Gasteiger partial charge in [-0.25, -0.2) is 5.48 Å². The Hall–Kier alpha value is -2.26. The molecule has 0 aliphatic heterocycles. The molecule has 0 saturated carbocycles. The molecule has 0 radical (unpaired) electrons. The van der Waals surface area contributed by atoms with Crippen molar-refractivity contribution in [2.24, 2.45) is 0 Å². The number of hydrogen-bond acceptors (Lipinski definition) is 5. The van der Waals surface area contributed by atoms with E-state index in [0.717, 1.165) is 51.9 Å². The van der Waals surface area contributed by atoms with Crippen LogP contribution in [0.4, 0.5) is 0 Å². The number of hydroxylamine groups is 1. The van der Waals surface area contributed by atoms with E-state index < -0.39 is 5.91 Å². The number of unbranched alkanes of at least 4 members (excludes halogenated alkanes) is 2. The van der Waals surface area contributed by atoms with Crippen molar-refractivity contribution in [1.82, 2.24) is 21.4 Å². The highest BCUT2D eigenvalue weighted by atomic mass is 79.9. The summed E-state index contributed by atoms with van der Waals surface area (Å²) >= 11 is 0. The van der Waals surface area contributed by atoms with E-state index in [4.69, 9.17) is 5.21 Å². The van der Waals surface area contributed by atoms with Crippen LogP contribution in [0.25, 0.3) is 0 Å². The highest BCUT2D eigenvalue weighted by molar-refractivity contribution is 8.93. The van der Waals surface area contributed by atoms with E-state index in [9.17, 15) is 9.59 Å². The third-order valence-corrected chi connectivity index (χ3v) is 6.01. The second-order valence-corrected chi connectivity index (χ2v) is 8.82. The van der Waals surface area contributed by atoms with Crippen LogP contribution in [0.3, 0.4) is 0 Å². The van der Waals surface area contributed by atoms with E-state index >= 15 is 0 Å². The van der Waals surface area contributed by atoms with Crippen molar-refractivity contribution < 1.29 is 14.8 Å². The fourth-order valence-electron chi connectivity index (χ4n) is 4.05. The lowest BCUT2D eigenvalue weighted by molar-refractivity contribution is -0.129. The first kappa shape index (κ1) is 31.8. The fraction of sp³-hybridized carbons (Fsp3) is 0.500. The Balaban J connectivity index is 0.00000648. The minimum atomic E-state index is -0.410. The Morgan fingerprint density at radius 3 is 1.69 bits per heavy atom. The zero-order valence-corrected chi connectivity index (χ0v) is 22.9. The number of hydrogen-bond donors (Lipinski definition) is 5. The van der Waals surface area contributed by atoms with Gasteiger partial charge in [0.1, 0.15) is 0 Å². The molecule has 2 amide bonds. The van der Waals surface area contributed by atoms with Crippen molar-refractivity contribution in [3.8, 4) is 0 Å². The molecule has 2 aromatic rings. The van der Waals surface area contributed by atoms with Crippen LogP contribution in [0.2, 0.25) is 0 Å². The number of nitrogens with one attached hydrogen (secondary N) is 4. The van der Waals surface area contributed by atoms with Crippen LogP contribution in [0.15, 0.2) is 60.7 Å². The van der Waals surface area contributed by atoms with Crippen molar-refractivity contribution in [1.29, 1.82) is 0 Å². The minimum absolute atomic E-state index is 0. The predicted molar refractivity (Wildman–Crippen MR) is 151 cm³/mol. The summed E-state index contributed by atoms with van der Waals surface area (Å²) in [5, 5.41) is 18.4. The zero-order chi connectivity index (χ0) is 25.0. The maximum absolute atomic E-state index is 11.7. The number of carbonyl (C=O) groups is 2. The number of benzene rings is 2. The Labute approximate surface area is 226 Å². The molecule has 0 bridgehead atoms. The highest BCUT2D eigenvalue weighted by Gasteiger charge is 2.13. The lowest BCUT2D eigenvalue weighted by Gasteiger charge is -2.18. The molecule has 0 unspecified atom stereocenters. The first-order valence-electron chi connectivity index (χ1n) is 12.9. The molecule has 2 rings (SSSR count).